The summed E-state index contributed by atoms with van der Waals surface area (Å²) in [5, 5.41) is 3.42. The van der Waals surface area contributed by atoms with E-state index in [2.05, 4.69) is 28.5 Å². The molecule has 1 aromatic heterocycles. The van der Waals surface area contributed by atoms with Crippen molar-refractivity contribution in [3.8, 4) is 0 Å². The molecule has 0 saturated carbocycles. The van der Waals surface area contributed by atoms with Crippen LogP contribution in [0.25, 0.3) is 5.57 Å². The fraction of sp³-hybridized carbons (Fsp3) is 0.417. The van der Waals surface area contributed by atoms with Gasteiger partial charge in [0, 0.05) is 30.9 Å². The van der Waals surface area contributed by atoms with Gasteiger partial charge in [0.1, 0.15) is 0 Å². The van der Waals surface area contributed by atoms with Gasteiger partial charge >= 0.3 is 0 Å². The lowest BCUT2D eigenvalue weighted by Crippen LogP contribution is -2.22. The molecule has 1 aromatic rings. The zero-order valence-corrected chi connectivity index (χ0v) is 8.33. The first-order chi connectivity index (χ1) is 6.84. The van der Waals surface area contributed by atoms with Crippen LogP contribution < -0.4 is 5.32 Å². The molecule has 2 atom stereocenters. The lowest BCUT2D eigenvalue weighted by atomic mass is 9.74. The highest BCUT2D eigenvalue weighted by Crippen LogP contribution is 2.41. The summed E-state index contributed by atoms with van der Waals surface area (Å²) in [6.07, 6.45) is 4.38. The molecule has 0 radical (unpaired) electrons. The SMILES string of the molecule is Cc1ccc(C2=C[C@H]3CNC[C@@H]23)cn1. The van der Waals surface area contributed by atoms with Crippen molar-refractivity contribution in [3.05, 3.63) is 35.7 Å². The number of pyridine rings is 1. The van der Waals surface area contributed by atoms with Crippen molar-refractivity contribution in [1.29, 1.82) is 0 Å². The standard InChI is InChI=1S/C12H14N2/c1-8-2-3-9(6-14-8)11-4-10-5-13-7-12(10)11/h2-4,6,10,12-13H,5,7H2,1H3/t10-,12+/m0/s1. The third kappa shape index (κ3) is 1.11. The van der Waals surface area contributed by atoms with Gasteiger partial charge in [-0.1, -0.05) is 12.1 Å². The molecular formula is C12H14N2. The molecule has 1 fully saturated rings. The van der Waals surface area contributed by atoms with Crippen molar-refractivity contribution in [1.82, 2.24) is 10.3 Å². The molecule has 72 valence electrons. The Morgan fingerprint density at radius 2 is 2.29 bits per heavy atom. The molecule has 2 aliphatic rings. The van der Waals surface area contributed by atoms with Crippen LogP contribution in [0, 0.1) is 18.8 Å². The molecule has 0 spiro atoms. The number of nitrogens with one attached hydrogen (secondary N) is 1. The van der Waals surface area contributed by atoms with E-state index >= 15 is 0 Å². The van der Waals surface area contributed by atoms with E-state index in [1.54, 1.807) is 0 Å². The molecule has 1 aliphatic heterocycles. The molecule has 3 rings (SSSR count). The van der Waals surface area contributed by atoms with Crippen LogP contribution in [0.1, 0.15) is 11.3 Å². The smallest absolute Gasteiger partial charge is 0.0373 e. The minimum absolute atomic E-state index is 0.750. The Morgan fingerprint density at radius 3 is 3.00 bits per heavy atom. The average molecular weight is 186 g/mol. The summed E-state index contributed by atoms with van der Waals surface area (Å²) in [4.78, 5) is 4.33. The molecular weight excluding hydrogens is 172 g/mol. The van der Waals surface area contributed by atoms with Crippen LogP contribution in [0.5, 0.6) is 0 Å². The molecule has 0 aromatic carbocycles. The Balaban J connectivity index is 1.90. The zero-order valence-electron chi connectivity index (χ0n) is 8.33. The highest BCUT2D eigenvalue weighted by molar-refractivity contribution is 5.73. The lowest BCUT2D eigenvalue weighted by Gasteiger charge is -2.29. The summed E-state index contributed by atoms with van der Waals surface area (Å²) in [6, 6.07) is 4.27. The summed E-state index contributed by atoms with van der Waals surface area (Å²) < 4.78 is 0. The molecule has 1 aliphatic carbocycles. The van der Waals surface area contributed by atoms with Crippen molar-refractivity contribution in [2.75, 3.05) is 13.1 Å². The van der Waals surface area contributed by atoms with Gasteiger partial charge in [0.25, 0.3) is 0 Å². The molecule has 2 heteroatoms. The Labute approximate surface area is 84.1 Å². The Morgan fingerprint density at radius 1 is 1.36 bits per heavy atom. The number of nitrogens with zero attached hydrogens (tertiary/aromatic N) is 1. The van der Waals surface area contributed by atoms with Crippen LogP contribution in [0.2, 0.25) is 0 Å². The van der Waals surface area contributed by atoms with Crippen LogP contribution in [0.3, 0.4) is 0 Å². The highest BCUT2D eigenvalue weighted by Gasteiger charge is 2.36. The van der Waals surface area contributed by atoms with Crippen LogP contribution in [-0.4, -0.2) is 18.1 Å². The molecule has 0 bridgehead atoms. The molecule has 0 unspecified atom stereocenters. The van der Waals surface area contributed by atoms with E-state index in [1.165, 1.54) is 11.1 Å². The van der Waals surface area contributed by atoms with Crippen molar-refractivity contribution in [2.45, 2.75) is 6.92 Å². The fourth-order valence-corrected chi connectivity index (χ4v) is 2.40. The summed E-state index contributed by atoms with van der Waals surface area (Å²) in [5.41, 5.74) is 3.89. The number of rotatable bonds is 1. The summed E-state index contributed by atoms with van der Waals surface area (Å²) in [7, 11) is 0. The van der Waals surface area contributed by atoms with Crippen molar-refractivity contribution >= 4 is 5.57 Å². The van der Waals surface area contributed by atoms with Crippen LogP contribution in [0.4, 0.5) is 0 Å². The van der Waals surface area contributed by atoms with E-state index in [-0.39, 0.29) is 0 Å². The van der Waals surface area contributed by atoms with Crippen LogP contribution in [0.15, 0.2) is 24.4 Å². The number of fused-ring (bicyclic) bond motifs is 1. The van der Waals surface area contributed by atoms with Crippen LogP contribution in [-0.2, 0) is 0 Å². The minimum Gasteiger partial charge on any atom is -0.315 e. The van der Waals surface area contributed by atoms with Gasteiger partial charge in [0.15, 0.2) is 0 Å². The third-order valence-corrected chi connectivity index (χ3v) is 3.30. The number of aryl methyl sites for hydroxylation is 1. The first-order valence-electron chi connectivity index (χ1n) is 5.20. The summed E-state index contributed by atoms with van der Waals surface area (Å²) >= 11 is 0. The van der Waals surface area contributed by atoms with E-state index < -0.39 is 0 Å². The van der Waals surface area contributed by atoms with Crippen molar-refractivity contribution < 1.29 is 0 Å². The zero-order chi connectivity index (χ0) is 9.54. The fourth-order valence-electron chi connectivity index (χ4n) is 2.40. The van der Waals surface area contributed by atoms with E-state index in [0.29, 0.717) is 0 Å². The van der Waals surface area contributed by atoms with Gasteiger partial charge in [0.2, 0.25) is 0 Å². The monoisotopic (exact) mass is 186 g/mol. The maximum atomic E-state index is 4.33. The maximum Gasteiger partial charge on any atom is 0.0373 e. The van der Waals surface area contributed by atoms with Gasteiger partial charge < -0.3 is 5.32 Å². The average Bonchev–Trinajstić information content (AvgIpc) is 2.52. The van der Waals surface area contributed by atoms with E-state index in [0.717, 1.165) is 30.6 Å². The first kappa shape index (κ1) is 8.18. The third-order valence-electron chi connectivity index (χ3n) is 3.30. The van der Waals surface area contributed by atoms with Gasteiger partial charge in [-0.15, -0.1) is 0 Å². The van der Waals surface area contributed by atoms with Gasteiger partial charge in [-0.2, -0.15) is 0 Å². The lowest BCUT2D eigenvalue weighted by molar-refractivity contribution is 0.564. The Hall–Kier alpha value is -1.15. The van der Waals surface area contributed by atoms with Crippen LogP contribution >= 0.6 is 0 Å². The van der Waals surface area contributed by atoms with Crippen molar-refractivity contribution in [2.24, 2.45) is 11.8 Å². The van der Waals surface area contributed by atoms with Gasteiger partial charge in [-0.05, 0) is 30.0 Å². The largest absolute Gasteiger partial charge is 0.315 e. The molecule has 2 nitrogen and oxygen atoms in total. The van der Waals surface area contributed by atoms with Crippen molar-refractivity contribution in [3.63, 3.8) is 0 Å². The quantitative estimate of drug-likeness (QED) is 0.721. The first-order valence-corrected chi connectivity index (χ1v) is 5.20. The summed E-state index contributed by atoms with van der Waals surface area (Å²) in [6.45, 7) is 4.33. The Bertz CT molecular complexity index is 378. The number of aromatic nitrogens is 1. The molecule has 14 heavy (non-hydrogen) atoms. The molecule has 1 saturated heterocycles. The van der Waals surface area contributed by atoms with E-state index in [4.69, 9.17) is 0 Å². The highest BCUT2D eigenvalue weighted by atomic mass is 14.9. The topological polar surface area (TPSA) is 24.9 Å². The normalized spacial score (nSPS) is 29.4. The second-order valence-electron chi connectivity index (χ2n) is 4.24. The number of hydrogen-bond acceptors (Lipinski definition) is 2. The minimum atomic E-state index is 0.750. The second-order valence-corrected chi connectivity index (χ2v) is 4.24. The molecule has 1 N–H and O–H groups in total. The predicted octanol–water partition coefficient (Wildman–Crippen LogP) is 1.62. The molecule has 0 amide bonds. The number of hydrogen-bond donors (Lipinski definition) is 1. The summed E-state index contributed by atoms with van der Waals surface area (Å²) in [5.74, 6) is 1.53. The second kappa shape index (κ2) is 2.92. The maximum absolute atomic E-state index is 4.33. The molecule has 2 heterocycles. The van der Waals surface area contributed by atoms with E-state index in [9.17, 15) is 0 Å². The van der Waals surface area contributed by atoms with Gasteiger partial charge in [-0.25, -0.2) is 0 Å². The van der Waals surface area contributed by atoms with Gasteiger partial charge in [-0.3, -0.25) is 4.98 Å². The predicted molar refractivity (Wildman–Crippen MR) is 56.8 cm³/mol. The Kier molecular flexibility index (Phi) is 1.71. The van der Waals surface area contributed by atoms with Gasteiger partial charge in [0.05, 0.1) is 0 Å². The van der Waals surface area contributed by atoms with E-state index in [1.807, 2.05) is 13.1 Å².